The lowest BCUT2D eigenvalue weighted by molar-refractivity contribution is 0.0950. The Morgan fingerprint density at radius 3 is 2.70 bits per heavy atom. The summed E-state index contributed by atoms with van der Waals surface area (Å²) in [4.78, 5) is 16.3. The van der Waals surface area contributed by atoms with Crippen molar-refractivity contribution in [3.63, 3.8) is 0 Å². The van der Waals surface area contributed by atoms with Gasteiger partial charge in [0.1, 0.15) is 5.69 Å². The molecule has 23 heavy (non-hydrogen) atoms. The van der Waals surface area contributed by atoms with Crippen LogP contribution in [-0.4, -0.2) is 27.3 Å². The summed E-state index contributed by atoms with van der Waals surface area (Å²) in [6, 6.07) is 15.2. The Hall–Kier alpha value is -3.41. The van der Waals surface area contributed by atoms with E-state index in [1.165, 1.54) is 18.3 Å². The van der Waals surface area contributed by atoms with E-state index in [4.69, 9.17) is 0 Å². The number of para-hydroxylation sites is 1. The van der Waals surface area contributed by atoms with Crippen molar-refractivity contribution < 1.29 is 15.0 Å². The van der Waals surface area contributed by atoms with Crippen LogP contribution in [0.1, 0.15) is 16.1 Å². The minimum Gasteiger partial charge on any atom is -0.504 e. The van der Waals surface area contributed by atoms with Crippen molar-refractivity contribution in [1.82, 2.24) is 10.4 Å². The van der Waals surface area contributed by atoms with E-state index < -0.39 is 5.91 Å². The van der Waals surface area contributed by atoms with E-state index in [0.29, 0.717) is 5.56 Å². The molecule has 1 aromatic heterocycles. The first kappa shape index (κ1) is 14.5. The van der Waals surface area contributed by atoms with Gasteiger partial charge in [0, 0.05) is 5.39 Å². The number of hydrogen-bond donors (Lipinski definition) is 3. The molecule has 3 N–H and O–H groups in total. The molecule has 3 rings (SSSR count). The first-order chi connectivity index (χ1) is 11.1. The van der Waals surface area contributed by atoms with Crippen molar-refractivity contribution in [2.24, 2.45) is 5.10 Å². The van der Waals surface area contributed by atoms with Gasteiger partial charge in [-0.05, 0) is 35.9 Å². The number of amides is 1. The van der Waals surface area contributed by atoms with Crippen molar-refractivity contribution in [1.29, 1.82) is 0 Å². The maximum Gasteiger partial charge on any atom is 0.289 e. The molecular formula is C17H13N3O3. The fourth-order valence-electron chi connectivity index (χ4n) is 2.04. The lowest BCUT2D eigenvalue weighted by Crippen LogP contribution is -2.18. The molecule has 114 valence electrons. The minimum atomic E-state index is -0.435. The van der Waals surface area contributed by atoms with Crippen LogP contribution in [0.15, 0.2) is 59.7 Å². The van der Waals surface area contributed by atoms with Crippen LogP contribution >= 0.6 is 0 Å². The molecule has 0 spiro atoms. The van der Waals surface area contributed by atoms with E-state index in [0.717, 1.165) is 10.9 Å². The molecule has 0 atom stereocenters. The molecular weight excluding hydrogens is 294 g/mol. The van der Waals surface area contributed by atoms with Gasteiger partial charge in [-0.25, -0.2) is 10.4 Å². The van der Waals surface area contributed by atoms with Crippen LogP contribution in [0.3, 0.4) is 0 Å². The average Bonchev–Trinajstić information content (AvgIpc) is 2.57. The molecule has 1 heterocycles. The van der Waals surface area contributed by atoms with Crippen LogP contribution in [0.5, 0.6) is 11.5 Å². The molecule has 0 aliphatic carbocycles. The summed E-state index contributed by atoms with van der Waals surface area (Å²) in [6.07, 6.45) is 1.36. The number of aromatic nitrogens is 1. The van der Waals surface area contributed by atoms with Crippen molar-refractivity contribution >= 4 is 23.0 Å². The third kappa shape index (κ3) is 3.26. The summed E-state index contributed by atoms with van der Waals surface area (Å²) in [7, 11) is 0. The predicted molar refractivity (Wildman–Crippen MR) is 86.6 cm³/mol. The van der Waals surface area contributed by atoms with Gasteiger partial charge in [0.25, 0.3) is 5.91 Å². The Kier molecular flexibility index (Phi) is 3.88. The molecule has 0 bridgehead atoms. The van der Waals surface area contributed by atoms with Crippen LogP contribution in [0.4, 0.5) is 0 Å². The van der Waals surface area contributed by atoms with Crippen LogP contribution in [0.25, 0.3) is 10.9 Å². The minimum absolute atomic E-state index is 0.216. The third-order valence-electron chi connectivity index (χ3n) is 3.21. The molecule has 0 fully saturated rings. The fourth-order valence-corrected chi connectivity index (χ4v) is 2.04. The van der Waals surface area contributed by atoms with E-state index >= 15 is 0 Å². The molecule has 3 aromatic rings. The summed E-state index contributed by atoms with van der Waals surface area (Å²) in [5.41, 5.74) is 3.89. The number of hydrogen-bond acceptors (Lipinski definition) is 5. The summed E-state index contributed by atoms with van der Waals surface area (Å²) in [5.74, 6) is -0.905. The lowest BCUT2D eigenvalue weighted by Gasteiger charge is -2.02. The zero-order valence-electron chi connectivity index (χ0n) is 12.0. The van der Waals surface area contributed by atoms with Gasteiger partial charge < -0.3 is 10.2 Å². The Bertz CT molecular complexity index is 906. The third-order valence-corrected chi connectivity index (χ3v) is 3.21. The maximum absolute atomic E-state index is 12.0. The SMILES string of the molecule is O=C(N/N=C/c1ccc(O)c(O)c1)c1ccc2ccccc2n1. The van der Waals surface area contributed by atoms with Gasteiger partial charge in [-0.1, -0.05) is 24.3 Å². The Labute approximate surface area is 131 Å². The number of carbonyl (C=O) groups is 1. The highest BCUT2D eigenvalue weighted by Gasteiger charge is 2.06. The van der Waals surface area contributed by atoms with Crippen LogP contribution in [0, 0.1) is 0 Å². The molecule has 6 nitrogen and oxygen atoms in total. The maximum atomic E-state index is 12.0. The fraction of sp³-hybridized carbons (Fsp3) is 0. The topological polar surface area (TPSA) is 94.8 Å². The number of rotatable bonds is 3. The second-order valence-electron chi connectivity index (χ2n) is 4.84. The zero-order valence-corrected chi connectivity index (χ0v) is 12.0. The van der Waals surface area contributed by atoms with Gasteiger partial charge in [-0.15, -0.1) is 0 Å². The summed E-state index contributed by atoms with van der Waals surface area (Å²) < 4.78 is 0. The molecule has 6 heteroatoms. The number of hydrazone groups is 1. The number of aromatic hydroxyl groups is 2. The van der Waals surface area contributed by atoms with Gasteiger partial charge in [-0.2, -0.15) is 5.10 Å². The van der Waals surface area contributed by atoms with Gasteiger partial charge >= 0.3 is 0 Å². The highest BCUT2D eigenvalue weighted by molar-refractivity contribution is 5.95. The molecule has 0 aliphatic rings. The molecule has 2 aromatic carbocycles. The molecule has 1 amide bonds. The number of benzene rings is 2. The van der Waals surface area contributed by atoms with Gasteiger partial charge in [-0.3, -0.25) is 4.79 Å². The number of nitrogens with zero attached hydrogens (tertiary/aromatic N) is 2. The number of pyridine rings is 1. The first-order valence-electron chi connectivity index (χ1n) is 6.85. The van der Waals surface area contributed by atoms with E-state index in [9.17, 15) is 15.0 Å². The van der Waals surface area contributed by atoms with Crippen LogP contribution < -0.4 is 5.43 Å². The van der Waals surface area contributed by atoms with E-state index in [-0.39, 0.29) is 17.2 Å². The van der Waals surface area contributed by atoms with Crippen molar-refractivity contribution in [3.05, 3.63) is 65.9 Å². The lowest BCUT2D eigenvalue weighted by atomic mass is 10.2. The van der Waals surface area contributed by atoms with Crippen LogP contribution in [-0.2, 0) is 0 Å². The van der Waals surface area contributed by atoms with Gasteiger partial charge in [0.2, 0.25) is 0 Å². The first-order valence-corrected chi connectivity index (χ1v) is 6.85. The zero-order chi connectivity index (χ0) is 16.2. The van der Waals surface area contributed by atoms with E-state index in [1.54, 1.807) is 12.1 Å². The van der Waals surface area contributed by atoms with Gasteiger partial charge in [0.05, 0.1) is 11.7 Å². The monoisotopic (exact) mass is 307 g/mol. The van der Waals surface area contributed by atoms with Crippen LogP contribution in [0.2, 0.25) is 0 Å². The highest BCUT2D eigenvalue weighted by atomic mass is 16.3. The molecule has 0 radical (unpaired) electrons. The Balaban J connectivity index is 1.72. The van der Waals surface area contributed by atoms with E-state index in [2.05, 4.69) is 15.5 Å². The second-order valence-corrected chi connectivity index (χ2v) is 4.84. The Morgan fingerprint density at radius 2 is 1.87 bits per heavy atom. The summed E-state index contributed by atoms with van der Waals surface area (Å²) in [5, 5.41) is 23.4. The smallest absolute Gasteiger partial charge is 0.289 e. The molecule has 0 aliphatic heterocycles. The second kappa shape index (κ2) is 6.15. The molecule has 0 saturated heterocycles. The molecule has 0 saturated carbocycles. The average molecular weight is 307 g/mol. The predicted octanol–water partition coefficient (Wildman–Crippen LogP) is 2.41. The van der Waals surface area contributed by atoms with Gasteiger partial charge in [0.15, 0.2) is 11.5 Å². The largest absolute Gasteiger partial charge is 0.504 e. The molecule has 0 unspecified atom stereocenters. The number of fused-ring (bicyclic) bond motifs is 1. The summed E-state index contributed by atoms with van der Waals surface area (Å²) >= 11 is 0. The standard InChI is InChI=1S/C17H13N3O3/c21-15-8-5-11(9-16(15)22)10-18-20-17(23)14-7-6-12-3-1-2-4-13(12)19-14/h1-10,21-22H,(H,20,23)/b18-10+. The Morgan fingerprint density at radius 1 is 1.04 bits per heavy atom. The summed E-state index contributed by atoms with van der Waals surface area (Å²) in [6.45, 7) is 0. The number of carbonyl (C=O) groups excluding carboxylic acids is 1. The normalized spacial score (nSPS) is 11.0. The number of nitrogens with one attached hydrogen (secondary N) is 1. The number of phenolic OH excluding ortho intramolecular Hbond substituents is 2. The van der Waals surface area contributed by atoms with Crippen molar-refractivity contribution in [2.45, 2.75) is 0 Å². The highest BCUT2D eigenvalue weighted by Crippen LogP contribution is 2.23. The van der Waals surface area contributed by atoms with Crippen molar-refractivity contribution in [3.8, 4) is 11.5 Å². The number of phenols is 2. The van der Waals surface area contributed by atoms with Crippen molar-refractivity contribution in [2.75, 3.05) is 0 Å². The quantitative estimate of drug-likeness (QED) is 0.393. The van der Waals surface area contributed by atoms with E-state index in [1.807, 2.05) is 30.3 Å².